The third kappa shape index (κ3) is 8.67. The van der Waals surface area contributed by atoms with Gasteiger partial charge in [0.2, 0.25) is 5.55 Å². The third-order valence-electron chi connectivity index (χ3n) is 2.02. The van der Waals surface area contributed by atoms with E-state index in [0.29, 0.717) is 12.5 Å². The summed E-state index contributed by atoms with van der Waals surface area (Å²) in [6.07, 6.45) is 0.185. The summed E-state index contributed by atoms with van der Waals surface area (Å²) in [4.78, 5) is 0. The maximum Gasteiger partial charge on any atom is 0.616 e. The Morgan fingerprint density at radius 1 is 1.14 bits per heavy atom. The number of rotatable bonds is 7. The van der Waals surface area contributed by atoms with E-state index in [1.165, 1.54) is 6.92 Å². The third-order valence-corrected chi connectivity index (χ3v) is 5.03. The second-order valence-corrected chi connectivity index (χ2v) is 7.36. The number of alkyl halides is 2. The summed E-state index contributed by atoms with van der Waals surface area (Å²) in [5.41, 5.74) is -2.56. The van der Waals surface area contributed by atoms with E-state index in [1.54, 1.807) is 0 Å². The molecule has 0 aromatic carbocycles. The minimum atomic E-state index is -5.43. The molecule has 0 aliphatic rings. The molecule has 0 aliphatic carbocycles. The Morgan fingerprint density at radius 2 is 1.71 bits per heavy atom. The van der Waals surface area contributed by atoms with Gasteiger partial charge in [-0.3, -0.25) is 0 Å². The fourth-order valence-corrected chi connectivity index (χ4v) is 3.19. The summed E-state index contributed by atoms with van der Waals surface area (Å²) in [5.74, 6) is 0. The topological polar surface area (TPSA) is 0 Å². The van der Waals surface area contributed by atoms with Gasteiger partial charge in [0.1, 0.15) is 9.52 Å². The van der Waals surface area contributed by atoms with Gasteiger partial charge in [0.25, 0.3) is 0 Å². The van der Waals surface area contributed by atoms with E-state index in [0.717, 1.165) is 0 Å². The lowest BCUT2D eigenvalue weighted by Gasteiger charge is -2.12. The molecule has 7 heteroatoms. The van der Waals surface area contributed by atoms with E-state index in [4.69, 9.17) is 0 Å². The Hall–Kier alpha value is 0.0838. The summed E-state index contributed by atoms with van der Waals surface area (Å²) in [6, 6.07) is -0.385. The van der Waals surface area contributed by atoms with Crippen molar-refractivity contribution >= 4 is 18.6 Å². The maximum absolute atomic E-state index is 12.7. The van der Waals surface area contributed by atoms with Gasteiger partial charge in [-0.25, -0.2) is 21.1 Å². The monoisotopic (exact) mass is 250 g/mol. The van der Waals surface area contributed by atoms with Gasteiger partial charge in [0, 0.05) is 12.5 Å². The summed E-state index contributed by atoms with van der Waals surface area (Å²) >= 11 is 0. The van der Waals surface area contributed by atoms with E-state index in [2.05, 4.69) is 0 Å². The van der Waals surface area contributed by atoms with Crippen molar-refractivity contribution in [2.75, 3.05) is 0 Å². The summed E-state index contributed by atoms with van der Waals surface area (Å²) in [7, 11) is -6.94. The van der Waals surface area contributed by atoms with Gasteiger partial charge < -0.3 is 0 Å². The SMILES string of the molecule is CCC(F)(F)[SiH2]CCCC[Si](F)(F)F. The summed E-state index contributed by atoms with van der Waals surface area (Å²) < 4.78 is 60.7. The molecular formula is C7H15F5Si2. The molecule has 0 bridgehead atoms. The fraction of sp³-hybridized carbons (Fsp3) is 1.00. The van der Waals surface area contributed by atoms with Crippen molar-refractivity contribution in [3.05, 3.63) is 0 Å². The van der Waals surface area contributed by atoms with Crippen molar-refractivity contribution in [1.82, 2.24) is 0 Å². The van der Waals surface area contributed by atoms with Gasteiger partial charge in [-0.2, -0.15) is 0 Å². The van der Waals surface area contributed by atoms with Crippen molar-refractivity contribution in [2.45, 2.75) is 43.8 Å². The molecule has 14 heavy (non-hydrogen) atoms. The van der Waals surface area contributed by atoms with Crippen LogP contribution in [-0.4, -0.2) is 24.1 Å². The first-order valence-corrected chi connectivity index (χ1v) is 8.26. The largest absolute Gasteiger partial charge is 0.616 e. The van der Waals surface area contributed by atoms with Crippen molar-refractivity contribution in [3.63, 3.8) is 0 Å². The lowest BCUT2D eigenvalue weighted by Crippen LogP contribution is -2.23. The summed E-state index contributed by atoms with van der Waals surface area (Å²) in [5, 5.41) is 0. The van der Waals surface area contributed by atoms with E-state index < -0.39 is 30.2 Å². The molecule has 0 unspecified atom stereocenters. The lowest BCUT2D eigenvalue weighted by molar-refractivity contribution is 0.0861. The predicted molar refractivity (Wildman–Crippen MR) is 51.7 cm³/mol. The van der Waals surface area contributed by atoms with Gasteiger partial charge in [-0.1, -0.05) is 19.4 Å². The molecule has 0 aromatic rings. The molecule has 0 N–H and O–H groups in total. The molecule has 0 heterocycles. The quantitative estimate of drug-likeness (QED) is 0.282. The highest BCUT2D eigenvalue weighted by atomic mass is 28.5. The Balaban J connectivity index is 3.39. The fourth-order valence-electron chi connectivity index (χ4n) is 1.06. The zero-order valence-corrected chi connectivity index (χ0v) is 10.5. The average Bonchev–Trinajstić information content (AvgIpc) is 2.01. The maximum atomic E-state index is 12.7. The van der Waals surface area contributed by atoms with Crippen LogP contribution >= 0.6 is 0 Å². The van der Waals surface area contributed by atoms with Gasteiger partial charge in [0.05, 0.1) is 0 Å². The molecule has 86 valence electrons. The number of halogens is 5. The minimum Gasteiger partial charge on any atom is -0.238 e. The molecule has 0 nitrogen and oxygen atoms in total. The van der Waals surface area contributed by atoms with Crippen LogP contribution in [0.15, 0.2) is 0 Å². The molecule has 0 aliphatic heterocycles. The van der Waals surface area contributed by atoms with E-state index in [9.17, 15) is 21.1 Å². The standard InChI is InChI=1S/C7H15F5Si2/c1-2-7(8,9)13-5-3-4-6-14(10,11)12/h2-6,13H2,1H3. The van der Waals surface area contributed by atoms with Crippen LogP contribution in [0.25, 0.3) is 0 Å². The van der Waals surface area contributed by atoms with Crippen LogP contribution in [0.3, 0.4) is 0 Å². The van der Waals surface area contributed by atoms with Crippen LogP contribution in [0, 0.1) is 0 Å². The van der Waals surface area contributed by atoms with Crippen molar-refractivity contribution in [3.8, 4) is 0 Å². The normalized spacial score (nSPS) is 14.1. The Morgan fingerprint density at radius 3 is 2.14 bits per heavy atom. The zero-order chi connectivity index (χ0) is 11.2. The Labute approximate surface area is 84.2 Å². The zero-order valence-electron chi connectivity index (χ0n) is 8.13. The minimum absolute atomic E-state index is 0.0442. The Kier molecular flexibility index (Phi) is 5.88. The van der Waals surface area contributed by atoms with Crippen LogP contribution in [0.1, 0.15) is 26.2 Å². The molecule has 0 amide bonds. The van der Waals surface area contributed by atoms with Gasteiger partial charge in [-0.15, -0.1) is 0 Å². The van der Waals surface area contributed by atoms with Gasteiger partial charge in [-0.05, 0) is 6.42 Å². The molecule has 0 saturated carbocycles. The molecule has 0 aromatic heterocycles. The molecule has 0 spiro atoms. The number of hydrogen-bond donors (Lipinski definition) is 0. The van der Waals surface area contributed by atoms with Crippen LogP contribution in [-0.2, 0) is 0 Å². The van der Waals surface area contributed by atoms with Crippen LogP contribution < -0.4 is 0 Å². The highest BCUT2D eigenvalue weighted by Crippen LogP contribution is 2.21. The van der Waals surface area contributed by atoms with Gasteiger partial charge >= 0.3 is 9.08 Å². The first kappa shape index (κ1) is 14.1. The first-order chi connectivity index (χ1) is 6.27. The Bertz CT molecular complexity index is 157. The summed E-state index contributed by atoms with van der Waals surface area (Å²) in [6.45, 7) is 1.41. The number of hydrogen-bond acceptors (Lipinski definition) is 0. The van der Waals surface area contributed by atoms with E-state index in [-0.39, 0.29) is 12.8 Å². The van der Waals surface area contributed by atoms with E-state index >= 15 is 0 Å². The van der Waals surface area contributed by atoms with E-state index in [1.807, 2.05) is 0 Å². The molecule has 0 saturated heterocycles. The first-order valence-electron chi connectivity index (χ1n) is 4.71. The second-order valence-electron chi connectivity index (χ2n) is 3.39. The molecule has 0 radical (unpaired) electrons. The van der Waals surface area contributed by atoms with Crippen LogP contribution in [0.2, 0.25) is 12.1 Å². The number of unbranched alkanes of at least 4 members (excludes halogenated alkanes) is 1. The lowest BCUT2D eigenvalue weighted by atomic mass is 10.4. The molecule has 0 rings (SSSR count). The second kappa shape index (κ2) is 5.84. The van der Waals surface area contributed by atoms with Crippen molar-refractivity contribution in [1.29, 1.82) is 0 Å². The van der Waals surface area contributed by atoms with Gasteiger partial charge in [0.15, 0.2) is 0 Å². The van der Waals surface area contributed by atoms with Crippen molar-refractivity contribution in [2.24, 2.45) is 0 Å². The highest BCUT2D eigenvalue weighted by molar-refractivity contribution is 6.58. The van der Waals surface area contributed by atoms with Crippen LogP contribution in [0.4, 0.5) is 21.1 Å². The van der Waals surface area contributed by atoms with Crippen molar-refractivity contribution < 1.29 is 21.1 Å². The highest BCUT2D eigenvalue weighted by Gasteiger charge is 2.35. The molecular weight excluding hydrogens is 235 g/mol. The molecule has 0 fully saturated rings. The smallest absolute Gasteiger partial charge is 0.238 e. The molecule has 0 atom stereocenters. The van der Waals surface area contributed by atoms with Crippen LogP contribution in [0.5, 0.6) is 0 Å². The predicted octanol–water partition coefficient (Wildman–Crippen LogP) is 3.20. The average molecular weight is 250 g/mol.